The molecule has 1 aliphatic rings. The van der Waals surface area contributed by atoms with Gasteiger partial charge in [-0.3, -0.25) is 0 Å². The van der Waals surface area contributed by atoms with Gasteiger partial charge in [0.25, 0.3) is 0 Å². The summed E-state index contributed by atoms with van der Waals surface area (Å²) in [7, 11) is -3.43. The first-order valence-corrected chi connectivity index (χ1v) is 17.8. The van der Waals surface area contributed by atoms with Gasteiger partial charge in [0, 0.05) is 12.1 Å². The van der Waals surface area contributed by atoms with Gasteiger partial charge >= 0.3 is 5.97 Å². The number of hydrogen-bond donors (Lipinski definition) is 1. The minimum Gasteiger partial charge on any atom is -0.464 e. The molecule has 1 aliphatic heterocycles. The van der Waals surface area contributed by atoms with Crippen LogP contribution in [-0.2, 0) is 49.6 Å². The Balaban J connectivity index is 1.48. The number of carbonyl (C=O) groups is 1. The Morgan fingerprint density at radius 2 is 1.25 bits per heavy atom. The summed E-state index contributed by atoms with van der Waals surface area (Å²) in [4.78, 5) is 21.8. The molecule has 0 bridgehead atoms. The standard InChI is InChI=1S/C40H38N2O5S/c1-2-47-39(44)40(36-16-10-5-11-17-36)37(34-22-20-33(21-23-34)29-48(45,46)28-32-14-8-4-9-15-32)42(26-30-12-6-3-7-13-30)38(41-40)35-24-18-31(27-43)19-25-35/h3-25,37,43H,2,26-29H2,1H3/t37-,40-/m1/s1. The average Bonchev–Trinajstić information content (AvgIpc) is 3.45. The van der Waals surface area contributed by atoms with E-state index < -0.39 is 27.4 Å². The number of rotatable bonds is 12. The fraction of sp³-hybridized carbons (Fsp3) is 0.200. The number of aliphatic imine (C=N–C) groups is 1. The van der Waals surface area contributed by atoms with E-state index in [0.717, 1.165) is 27.8 Å². The van der Waals surface area contributed by atoms with Crippen molar-refractivity contribution in [2.24, 2.45) is 4.99 Å². The van der Waals surface area contributed by atoms with Crippen molar-refractivity contribution in [1.82, 2.24) is 4.90 Å². The van der Waals surface area contributed by atoms with Gasteiger partial charge in [0.15, 0.2) is 9.84 Å². The summed E-state index contributed by atoms with van der Waals surface area (Å²) < 4.78 is 32.1. The van der Waals surface area contributed by atoms with Crippen LogP contribution in [0.3, 0.4) is 0 Å². The molecule has 0 radical (unpaired) electrons. The third kappa shape index (κ3) is 6.95. The smallest absolute Gasteiger partial charge is 0.341 e. The van der Waals surface area contributed by atoms with Crippen LogP contribution in [0.5, 0.6) is 0 Å². The highest BCUT2D eigenvalue weighted by Gasteiger charge is 2.57. The highest BCUT2D eigenvalue weighted by molar-refractivity contribution is 7.89. The van der Waals surface area contributed by atoms with Crippen LogP contribution < -0.4 is 0 Å². The van der Waals surface area contributed by atoms with Crippen molar-refractivity contribution >= 4 is 21.6 Å². The molecular weight excluding hydrogens is 621 g/mol. The number of ether oxygens (including phenoxy) is 1. The van der Waals surface area contributed by atoms with Gasteiger partial charge in [0.2, 0.25) is 5.54 Å². The largest absolute Gasteiger partial charge is 0.464 e. The molecule has 0 unspecified atom stereocenters. The van der Waals surface area contributed by atoms with Crippen LogP contribution in [0.25, 0.3) is 0 Å². The summed E-state index contributed by atoms with van der Waals surface area (Å²) >= 11 is 0. The van der Waals surface area contributed by atoms with E-state index in [1.807, 2.05) is 140 Å². The molecule has 0 saturated carbocycles. The molecule has 8 heteroatoms. The molecule has 1 heterocycles. The lowest BCUT2D eigenvalue weighted by Gasteiger charge is -2.37. The predicted octanol–water partition coefficient (Wildman–Crippen LogP) is 6.76. The molecule has 5 aromatic rings. The third-order valence-corrected chi connectivity index (χ3v) is 10.1. The molecule has 0 aromatic heterocycles. The molecule has 0 spiro atoms. The Labute approximate surface area is 282 Å². The number of esters is 1. The number of hydrogen-bond acceptors (Lipinski definition) is 7. The lowest BCUT2D eigenvalue weighted by atomic mass is 9.79. The molecule has 7 nitrogen and oxygen atoms in total. The number of aliphatic hydroxyl groups excluding tert-OH is 1. The highest BCUT2D eigenvalue weighted by Crippen LogP contribution is 2.50. The monoisotopic (exact) mass is 658 g/mol. The van der Waals surface area contributed by atoms with Crippen molar-refractivity contribution < 1.29 is 23.1 Å². The minimum absolute atomic E-state index is 0.0463. The van der Waals surface area contributed by atoms with E-state index in [4.69, 9.17) is 9.73 Å². The Kier molecular flexibility index (Phi) is 9.85. The summed E-state index contributed by atoms with van der Waals surface area (Å²) in [6.07, 6.45) is 0. The highest BCUT2D eigenvalue weighted by atomic mass is 32.2. The quantitative estimate of drug-likeness (QED) is 0.149. The Morgan fingerprint density at radius 1 is 0.729 bits per heavy atom. The number of amidine groups is 1. The molecular formula is C40H38N2O5S. The second-order valence-corrected chi connectivity index (χ2v) is 14.0. The van der Waals surface area contributed by atoms with Crippen molar-refractivity contribution in [2.75, 3.05) is 6.61 Å². The Morgan fingerprint density at radius 3 is 1.81 bits per heavy atom. The van der Waals surface area contributed by atoms with E-state index in [2.05, 4.69) is 4.90 Å². The van der Waals surface area contributed by atoms with E-state index in [1.54, 1.807) is 6.92 Å². The van der Waals surface area contributed by atoms with Crippen LogP contribution in [0.4, 0.5) is 0 Å². The second-order valence-electron chi connectivity index (χ2n) is 11.9. The fourth-order valence-electron chi connectivity index (χ4n) is 6.36. The number of nitrogens with zero attached hydrogens (tertiary/aromatic N) is 2. The third-order valence-electron chi connectivity index (χ3n) is 8.56. The van der Waals surface area contributed by atoms with Crippen molar-refractivity contribution in [3.8, 4) is 0 Å². The van der Waals surface area contributed by atoms with Gasteiger partial charge in [0.1, 0.15) is 5.84 Å². The van der Waals surface area contributed by atoms with Crippen molar-refractivity contribution in [2.45, 2.75) is 43.2 Å². The second kappa shape index (κ2) is 14.4. The molecule has 0 aliphatic carbocycles. The van der Waals surface area contributed by atoms with Gasteiger partial charge in [-0.05, 0) is 40.3 Å². The van der Waals surface area contributed by atoms with Gasteiger partial charge in [-0.25, -0.2) is 18.2 Å². The molecule has 1 N–H and O–H groups in total. The van der Waals surface area contributed by atoms with Crippen LogP contribution in [0.2, 0.25) is 0 Å². The molecule has 0 fully saturated rings. The number of benzene rings is 5. The zero-order chi connectivity index (χ0) is 33.6. The lowest BCUT2D eigenvalue weighted by molar-refractivity contribution is -0.151. The summed E-state index contributed by atoms with van der Waals surface area (Å²) in [6.45, 7) is 2.30. The zero-order valence-corrected chi connectivity index (χ0v) is 27.6. The average molecular weight is 659 g/mol. The van der Waals surface area contributed by atoms with Gasteiger partial charge in [-0.15, -0.1) is 0 Å². The van der Waals surface area contributed by atoms with Crippen LogP contribution in [0.15, 0.2) is 145 Å². The summed E-state index contributed by atoms with van der Waals surface area (Å²) in [6, 6.07) is 43.0. The topological polar surface area (TPSA) is 96.3 Å². The summed E-state index contributed by atoms with van der Waals surface area (Å²) in [5.41, 5.74) is 3.98. The van der Waals surface area contributed by atoms with Gasteiger partial charge < -0.3 is 14.7 Å². The maximum Gasteiger partial charge on any atom is 0.341 e. The molecule has 0 saturated heterocycles. The van der Waals surface area contributed by atoms with Gasteiger partial charge in [-0.2, -0.15) is 0 Å². The molecule has 5 aromatic carbocycles. The van der Waals surface area contributed by atoms with E-state index in [9.17, 15) is 18.3 Å². The van der Waals surface area contributed by atoms with E-state index in [1.165, 1.54) is 0 Å². The van der Waals surface area contributed by atoms with Crippen LogP contribution >= 0.6 is 0 Å². The summed E-state index contributed by atoms with van der Waals surface area (Å²) in [5, 5.41) is 9.72. The number of carbonyl (C=O) groups excluding carboxylic acids is 1. The van der Waals surface area contributed by atoms with Crippen molar-refractivity contribution in [3.05, 3.63) is 178 Å². The van der Waals surface area contributed by atoms with E-state index >= 15 is 0 Å². The van der Waals surface area contributed by atoms with Gasteiger partial charge in [0.05, 0.1) is 30.8 Å². The Bertz CT molecular complexity index is 1970. The van der Waals surface area contributed by atoms with Crippen LogP contribution in [0.1, 0.15) is 51.9 Å². The van der Waals surface area contributed by atoms with Crippen LogP contribution in [0, 0.1) is 0 Å². The fourth-order valence-corrected chi connectivity index (χ4v) is 7.86. The normalized spacial score (nSPS) is 17.6. The predicted molar refractivity (Wildman–Crippen MR) is 188 cm³/mol. The van der Waals surface area contributed by atoms with Gasteiger partial charge in [-0.1, -0.05) is 140 Å². The van der Waals surface area contributed by atoms with E-state index in [-0.39, 0.29) is 24.7 Å². The van der Waals surface area contributed by atoms with Crippen molar-refractivity contribution in [1.29, 1.82) is 0 Å². The summed E-state index contributed by atoms with van der Waals surface area (Å²) in [5.74, 6) is -0.0215. The molecule has 6 rings (SSSR count). The first kappa shape index (κ1) is 32.9. The minimum atomic E-state index is -3.43. The molecule has 2 atom stereocenters. The molecule has 244 valence electrons. The number of aliphatic hydroxyl groups is 1. The number of sulfone groups is 1. The molecule has 0 amide bonds. The van der Waals surface area contributed by atoms with Crippen LogP contribution in [-0.4, -0.2) is 36.8 Å². The lowest BCUT2D eigenvalue weighted by Crippen LogP contribution is -2.44. The Hall–Kier alpha value is -5.05. The van der Waals surface area contributed by atoms with Crippen molar-refractivity contribution in [3.63, 3.8) is 0 Å². The first-order valence-electron chi connectivity index (χ1n) is 16.0. The maximum atomic E-state index is 14.4. The maximum absolute atomic E-state index is 14.4. The zero-order valence-electron chi connectivity index (χ0n) is 26.8. The SMILES string of the molecule is CCOC(=O)[C@]1(c2ccccc2)N=C(c2ccc(CO)cc2)N(Cc2ccccc2)[C@@H]1c1ccc(CS(=O)(=O)Cc2ccccc2)cc1. The first-order chi connectivity index (χ1) is 23.3. The van der Waals surface area contributed by atoms with E-state index in [0.29, 0.717) is 23.5 Å². The molecule has 48 heavy (non-hydrogen) atoms.